The molecule has 1 fully saturated rings. The smallest absolute Gasteiger partial charge is 0.191 e. The fourth-order valence-corrected chi connectivity index (χ4v) is 4.14. The van der Waals surface area contributed by atoms with Gasteiger partial charge >= 0.3 is 0 Å². The number of nitrogens with one attached hydrogen (secondary N) is 2. The van der Waals surface area contributed by atoms with Gasteiger partial charge in [0.15, 0.2) is 11.0 Å². The number of aromatic amines is 1. The predicted molar refractivity (Wildman–Crippen MR) is 119 cm³/mol. The Balaban J connectivity index is 1.56. The molecule has 0 saturated carbocycles. The second-order valence-electron chi connectivity index (χ2n) is 7.16. The van der Waals surface area contributed by atoms with Gasteiger partial charge in [0.25, 0.3) is 0 Å². The lowest BCUT2D eigenvalue weighted by molar-refractivity contribution is 0.312. The summed E-state index contributed by atoms with van der Waals surface area (Å²) in [6.07, 6.45) is 0. The molecule has 4 rings (SSSR count). The van der Waals surface area contributed by atoms with Crippen molar-refractivity contribution in [3.63, 3.8) is 0 Å². The zero-order chi connectivity index (χ0) is 20.2. The number of likely N-dealkylation sites (N-methyl/N-ethyl adjacent to an activating group) is 1. The molecular weight excluding hydrogens is 406 g/mol. The molecule has 1 aliphatic rings. The van der Waals surface area contributed by atoms with Gasteiger partial charge in [-0.05, 0) is 31.7 Å². The summed E-state index contributed by atoms with van der Waals surface area (Å²) in [5.41, 5.74) is 2.14. The molecule has 0 aliphatic carbocycles. The van der Waals surface area contributed by atoms with Gasteiger partial charge in [0.1, 0.15) is 11.6 Å². The fourth-order valence-electron chi connectivity index (χ4n) is 3.13. The van der Waals surface area contributed by atoms with Gasteiger partial charge in [-0.25, -0.2) is 9.97 Å². The third kappa shape index (κ3) is 5.41. The van der Waals surface area contributed by atoms with E-state index in [1.54, 1.807) is 11.8 Å². The van der Waals surface area contributed by atoms with Crippen LogP contribution < -0.4 is 10.2 Å². The van der Waals surface area contributed by atoms with Gasteiger partial charge in [-0.15, -0.1) is 0 Å². The van der Waals surface area contributed by atoms with Crippen LogP contribution in [0.4, 0.5) is 17.5 Å². The predicted octanol–water partition coefficient (Wildman–Crippen LogP) is 3.95. The molecule has 0 radical (unpaired) electrons. The van der Waals surface area contributed by atoms with E-state index < -0.39 is 0 Å². The highest BCUT2D eigenvalue weighted by Crippen LogP contribution is 2.27. The maximum absolute atomic E-state index is 6.11. The standard InChI is InChI=1S/C20H24ClN7S/c1-14-10-18(26-25-14)22-17-12-19(28-8-6-27(2)7-9-28)24-20(23-17)29-13-15-4-3-5-16(21)11-15/h3-5,10-12H,6-9,13H2,1-2H3,(H2,22,23,24,25,26). The molecule has 1 saturated heterocycles. The minimum Gasteiger partial charge on any atom is -0.354 e. The number of H-pyrrole nitrogens is 1. The van der Waals surface area contributed by atoms with Crippen LogP contribution in [0, 0.1) is 6.92 Å². The van der Waals surface area contributed by atoms with Crippen LogP contribution in [0.15, 0.2) is 41.6 Å². The Bertz CT molecular complexity index is 969. The van der Waals surface area contributed by atoms with Crippen molar-refractivity contribution in [2.24, 2.45) is 0 Å². The molecule has 3 aromatic rings. The van der Waals surface area contributed by atoms with Crippen molar-refractivity contribution in [1.82, 2.24) is 25.1 Å². The van der Waals surface area contributed by atoms with E-state index in [2.05, 4.69) is 38.4 Å². The van der Waals surface area contributed by atoms with E-state index in [0.29, 0.717) is 0 Å². The average molecular weight is 430 g/mol. The van der Waals surface area contributed by atoms with Gasteiger partial charge in [0.2, 0.25) is 0 Å². The maximum Gasteiger partial charge on any atom is 0.191 e. The summed E-state index contributed by atoms with van der Waals surface area (Å²) >= 11 is 7.72. The van der Waals surface area contributed by atoms with Crippen LogP contribution in [0.25, 0.3) is 0 Å². The minimum absolute atomic E-state index is 0.733. The van der Waals surface area contributed by atoms with E-state index in [-0.39, 0.29) is 0 Å². The van der Waals surface area contributed by atoms with E-state index in [1.807, 2.05) is 37.3 Å². The molecule has 0 bridgehead atoms. The summed E-state index contributed by atoms with van der Waals surface area (Å²) in [5, 5.41) is 12.0. The van der Waals surface area contributed by atoms with Crippen LogP contribution in [0.5, 0.6) is 0 Å². The van der Waals surface area contributed by atoms with Crippen molar-refractivity contribution in [2.45, 2.75) is 17.8 Å². The molecule has 2 aromatic heterocycles. The number of anilines is 3. The SMILES string of the molecule is Cc1cc(Nc2cc(N3CCN(C)CC3)nc(SCc3cccc(Cl)c3)n2)n[nH]1. The molecule has 1 aromatic carbocycles. The van der Waals surface area contributed by atoms with Crippen LogP contribution in [0.2, 0.25) is 5.02 Å². The molecule has 1 aliphatic heterocycles. The zero-order valence-electron chi connectivity index (χ0n) is 16.5. The molecule has 9 heteroatoms. The van der Waals surface area contributed by atoms with Crippen LogP contribution >= 0.6 is 23.4 Å². The number of piperazine rings is 1. The normalized spacial score (nSPS) is 14.9. The van der Waals surface area contributed by atoms with E-state index in [9.17, 15) is 0 Å². The number of nitrogens with zero attached hydrogens (tertiary/aromatic N) is 5. The molecule has 0 amide bonds. The lowest BCUT2D eigenvalue weighted by Crippen LogP contribution is -2.44. The zero-order valence-corrected chi connectivity index (χ0v) is 18.1. The van der Waals surface area contributed by atoms with Crippen molar-refractivity contribution in [1.29, 1.82) is 0 Å². The summed E-state index contributed by atoms with van der Waals surface area (Å²) < 4.78 is 0. The first-order valence-electron chi connectivity index (χ1n) is 9.54. The summed E-state index contributed by atoms with van der Waals surface area (Å²) in [6.45, 7) is 5.92. The number of hydrogen-bond acceptors (Lipinski definition) is 7. The quantitative estimate of drug-likeness (QED) is 0.454. The van der Waals surface area contributed by atoms with Gasteiger partial charge < -0.3 is 15.1 Å². The Morgan fingerprint density at radius 2 is 1.93 bits per heavy atom. The molecule has 0 spiro atoms. The van der Waals surface area contributed by atoms with Crippen LogP contribution in [-0.2, 0) is 5.75 Å². The van der Waals surface area contributed by atoms with Crippen LogP contribution in [0.3, 0.4) is 0 Å². The first kappa shape index (κ1) is 20.0. The number of aromatic nitrogens is 4. The Labute approximate surface area is 179 Å². The third-order valence-corrected chi connectivity index (χ3v) is 5.89. The molecule has 0 unspecified atom stereocenters. The highest BCUT2D eigenvalue weighted by Gasteiger charge is 2.18. The summed E-state index contributed by atoms with van der Waals surface area (Å²) in [7, 11) is 2.15. The van der Waals surface area contributed by atoms with Crippen LogP contribution in [-0.4, -0.2) is 58.3 Å². The van der Waals surface area contributed by atoms with Crippen molar-refractivity contribution in [3.05, 3.63) is 52.7 Å². The Hall–Kier alpha value is -2.29. The molecule has 7 nitrogen and oxygen atoms in total. The number of benzene rings is 1. The lowest BCUT2D eigenvalue weighted by Gasteiger charge is -2.33. The van der Waals surface area contributed by atoms with E-state index >= 15 is 0 Å². The highest BCUT2D eigenvalue weighted by atomic mass is 35.5. The number of rotatable bonds is 6. The van der Waals surface area contributed by atoms with Crippen molar-refractivity contribution >= 4 is 40.8 Å². The molecule has 29 heavy (non-hydrogen) atoms. The lowest BCUT2D eigenvalue weighted by atomic mass is 10.2. The summed E-state index contributed by atoms with van der Waals surface area (Å²) in [5.74, 6) is 3.19. The van der Waals surface area contributed by atoms with Crippen molar-refractivity contribution in [2.75, 3.05) is 43.4 Å². The van der Waals surface area contributed by atoms with Gasteiger partial charge in [-0.2, -0.15) is 5.10 Å². The number of hydrogen-bond donors (Lipinski definition) is 2. The van der Waals surface area contributed by atoms with E-state index in [1.165, 1.54) is 0 Å². The molecule has 0 atom stereocenters. The molecule has 152 valence electrons. The topological polar surface area (TPSA) is 73.0 Å². The van der Waals surface area contributed by atoms with Crippen molar-refractivity contribution < 1.29 is 0 Å². The number of halogens is 1. The maximum atomic E-state index is 6.11. The Morgan fingerprint density at radius 1 is 1.10 bits per heavy atom. The molecule has 2 N–H and O–H groups in total. The van der Waals surface area contributed by atoms with Gasteiger partial charge in [-0.1, -0.05) is 35.5 Å². The number of thioether (sulfide) groups is 1. The Morgan fingerprint density at radius 3 is 2.66 bits per heavy atom. The summed E-state index contributed by atoms with van der Waals surface area (Å²) in [6, 6.07) is 11.8. The van der Waals surface area contributed by atoms with Crippen LogP contribution in [0.1, 0.15) is 11.3 Å². The number of aryl methyl sites for hydroxylation is 1. The molecular formula is C20H24ClN7S. The van der Waals surface area contributed by atoms with E-state index in [0.717, 1.165) is 70.8 Å². The third-order valence-electron chi connectivity index (χ3n) is 4.74. The first-order valence-corrected chi connectivity index (χ1v) is 10.9. The first-order chi connectivity index (χ1) is 14.0. The van der Waals surface area contributed by atoms with Gasteiger partial charge in [-0.3, -0.25) is 5.10 Å². The average Bonchev–Trinajstić information content (AvgIpc) is 3.11. The highest BCUT2D eigenvalue weighted by molar-refractivity contribution is 7.98. The Kier molecular flexibility index (Phi) is 6.22. The van der Waals surface area contributed by atoms with Crippen molar-refractivity contribution in [3.8, 4) is 0 Å². The summed E-state index contributed by atoms with van der Waals surface area (Å²) in [4.78, 5) is 14.2. The second kappa shape index (κ2) is 9.02. The van der Waals surface area contributed by atoms with E-state index in [4.69, 9.17) is 21.6 Å². The molecule has 3 heterocycles. The van der Waals surface area contributed by atoms with Gasteiger partial charge in [0, 0.05) is 54.8 Å². The monoisotopic (exact) mass is 429 g/mol. The second-order valence-corrected chi connectivity index (χ2v) is 8.54. The fraction of sp³-hybridized carbons (Fsp3) is 0.350. The minimum atomic E-state index is 0.733. The van der Waals surface area contributed by atoms with Gasteiger partial charge in [0.05, 0.1) is 0 Å². The largest absolute Gasteiger partial charge is 0.354 e.